The minimum atomic E-state index is -3.65. The Morgan fingerprint density at radius 1 is 1.47 bits per heavy atom. The van der Waals surface area contributed by atoms with E-state index in [9.17, 15) is 8.42 Å². The highest BCUT2D eigenvalue weighted by Gasteiger charge is 2.17. The quantitative estimate of drug-likeness (QED) is 0.848. The Morgan fingerprint density at radius 2 is 2.24 bits per heavy atom. The van der Waals surface area contributed by atoms with E-state index < -0.39 is 10.0 Å². The van der Waals surface area contributed by atoms with Gasteiger partial charge >= 0.3 is 0 Å². The molecule has 90 valence electrons. The van der Waals surface area contributed by atoms with E-state index in [1.165, 1.54) is 18.3 Å². The molecule has 2 heterocycles. The van der Waals surface area contributed by atoms with Crippen LogP contribution in [-0.4, -0.2) is 13.4 Å². The number of anilines is 2. The molecule has 0 spiro atoms. The number of nitrogens with two attached hydrogens (primary N) is 1. The molecule has 0 atom stereocenters. The van der Waals surface area contributed by atoms with E-state index >= 15 is 0 Å². The lowest BCUT2D eigenvalue weighted by Crippen LogP contribution is -2.12. The molecule has 5 nitrogen and oxygen atoms in total. The predicted molar refractivity (Wildman–Crippen MR) is 68.8 cm³/mol. The summed E-state index contributed by atoms with van der Waals surface area (Å²) in [7, 11) is -3.65. The van der Waals surface area contributed by atoms with Gasteiger partial charge in [0, 0.05) is 17.3 Å². The zero-order valence-corrected chi connectivity index (χ0v) is 10.8. The summed E-state index contributed by atoms with van der Waals surface area (Å²) in [5.41, 5.74) is 6.13. The minimum Gasteiger partial charge on any atom is -0.398 e. The average Bonchev–Trinajstić information content (AvgIpc) is 2.69. The number of aromatic nitrogens is 1. The van der Waals surface area contributed by atoms with Crippen molar-refractivity contribution in [2.45, 2.75) is 4.21 Å². The lowest BCUT2D eigenvalue weighted by molar-refractivity contribution is 0.603. The van der Waals surface area contributed by atoms with Crippen LogP contribution < -0.4 is 10.5 Å². The Morgan fingerprint density at radius 3 is 2.82 bits per heavy atom. The van der Waals surface area contributed by atoms with Gasteiger partial charge in [-0.3, -0.25) is 4.72 Å². The zero-order valence-electron chi connectivity index (χ0n) is 8.42. The number of nitrogens with one attached hydrogen (secondary N) is 1. The first-order valence-electron chi connectivity index (χ1n) is 4.46. The Hall–Kier alpha value is -1.31. The third kappa shape index (κ3) is 2.68. The van der Waals surface area contributed by atoms with Gasteiger partial charge in [0.1, 0.15) is 4.21 Å². The van der Waals surface area contributed by atoms with Gasteiger partial charge in [-0.25, -0.2) is 13.4 Å². The summed E-state index contributed by atoms with van der Waals surface area (Å²) < 4.78 is 26.3. The van der Waals surface area contributed by atoms with Crippen LogP contribution in [0, 0.1) is 0 Å². The molecule has 0 saturated heterocycles. The van der Waals surface area contributed by atoms with E-state index in [2.05, 4.69) is 9.71 Å². The van der Waals surface area contributed by atoms with Crippen molar-refractivity contribution in [2.75, 3.05) is 10.5 Å². The van der Waals surface area contributed by atoms with E-state index in [1.807, 2.05) is 0 Å². The maximum absolute atomic E-state index is 11.9. The summed E-state index contributed by atoms with van der Waals surface area (Å²) in [5, 5.41) is 1.65. The van der Waals surface area contributed by atoms with Crippen LogP contribution >= 0.6 is 22.9 Å². The van der Waals surface area contributed by atoms with Gasteiger partial charge in [0.15, 0.2) is 5.15 Å². The molecule has 0 unspecified atom stereocenters. The van der Waals surface area contributed by atoms with Crippen molar-refractivity contribution >= 4 is 44.3 Å². The molecular weight excluding hydrogens is 282 g/mol. The smallest absolute Gasteiger partial charge is 0.271 e. The third-order valence-electron chi connectivity index (χ3n) is 1.86. The van der Waals surface area contributed by atoms with E-state index in [-0.39, 0.29) is 15.0 Å². The highest BCUT2D eigenvalue weighted by Crippen LogP contribution is 2.26. The fourth-order valence-corrected chi connectivity index (χ4v) is 3.50. The number of rotatable bonds is 3. The van der Waals surface area contributed by atoms with Gasteiger partial charge in [-0.15, -0.1) is 11.3 Å². The molecular formula is C9H8ClN3O2S2. The number of hydrogen-bond donors (Lipinski definition) is 2. The van der Waals surface area contributed by atoms with Crippen molar-refractivity contribution in [3.05, 3.63) is 34.9 Å². The largest absolute Gasteiger partial charge is 0.398 e. The monoisotopic (exact) mass is 289 g/mol. The van der Waals surface area contributed by atoms with Gasteiger partial charge in [0.25, 0.3) is 10.0 Å². The third-order valence-corrected chi connectivity index (χ3v) is 4.99. The van der Waals surface area contributed by atoms with E-state index in [4.69, 9.17) is 17.3 Å². The lowest BCUT2D eigenvalue weighted by Gasteiger charge is -2.06. The first-order chi connectivity index (χ1) is 7.99. The Labute approximate surface area is 107 Å². The number of halogens is 1. The van der Waals surface area contributed by atoms with Gasteiger partial charge in [-0.1, -0.05) is 11.6 Å². The lowest BCUT2D eigenvalue weighted by atomic mass is 10.4. The molecule has 17 heavy (non-hydrogen) atoms. The van der Waals surface area contributed by atoms with Crippen LogP contribution in [-0.2, 0) is 10.0 Å². The first kappa shape index (κ1) is 12.2. The molecule has 2 aromatic rings. The highest BCUT2D eigenvalue weighted by atomic mass is 35.5. The molecule has 3 N–H and O–H groups in total. The van der Waals surface area contributed by atoms with Crippen LogP contribution in [0.1, 0.15) is 0 Å². The van der Waals surface area contributed by atoms with Gasteiger partial charge < -0.3 is 5.73 Å². The standard InChI is InChI=1S/C9H8ClN3O2S2/c10-9-7(2-1-3-12-9)13-17(14,15)8-4-6(11)5-16-8/h1-5,13H,11H2. The van der Waals surface area contributed by atoms with Gasteiger partial charge in [0.2, 0.25) is 0 Å². The fraction of sp³-hybridized carbons (Fsp3) is 0. The molecule has 2 aromatic heterocycles. The predicted octanol–water partition coefficient (Wildman–Crippen LogP) is 2.18. The molecule has 8 heteroatoms. The number of pyridine rings is 1. The van der Waals surface area contributed by atoms with Crippen LogP contribution in [0.2, 0.25) is 5.15 Å². The van der Waals surface area contributed by atoms with Crippen molar-refractivity contribution in [2.24, 2.45) is 0 Å². The summed E-state index contributed by atoms with van der Waals surface area (Å²) in [5.74, 6) is 0. The van der Waals surface area contributed by atoms with E-state index in [1.54, 1.807) is 11.4 Å². The van der Waals surface area contributed by atoms with Crippen LogP contribution in [0.15, 0.2) is 34.0 Å². The number of nitrogens with zero attached hydrogens (tertiary/aromatic N) is 1. The summed E-state index contributed by atoms with van der Waals surface area (Å²) >= 11 is 6.81. The van der Waals surface area contributed by atoms with Crippen molar-refractivity contribution < 1.29 is 8.42 Å². The number of nitrogen functional groups attached to an aromatic ring is 1. The van der Waals surface area contributed by atoms with Gasteiger partial charge in [0.05, 0.1) is 5.69 Å². The molecule has 0 bridgehead atoms. The molecule has 0 aliphatic carbocycles. The summed E-state index contributed by atoms with van der Waals surface area (Å²) in [6.45, 7) is 0. The molecule has 0 aliphatic heterocycles. The summed E-state index contributed by atoms with van der Waals surface area (Å²) in [4.78, 5) is 3.78. The first-order valence-corrected chi connectivity index (χ1v) is 7.20. The van der Waals surface area contributed by atoms with Crippen LogP contribution in [0.25, 0.3) is 0 Å². The normalized spacial score (nSPS) is 11.4. The van der Waals surface area contributed by atoms with Crippen LogP contribution in [0.5, 0.6) is 0 Å². The van der Waals surface area contributed by atoms with Crippen LogP contribution in [0.3, 0.4) is 0 Å². The highest BCUT2D eigenvalue weighted by molar-refractivity contribution is 7.94. The molecule has 0 aromatic carbocycles. The van der Waals surface area contributed by atoms with Crippen molar-refractivity contribution in [3.8, 4) is 0 Å². The Kier molecular flexibility index (Phi) is 3.23. The van der Waals surface area contributed by atoms with Gasteiger partial charge in [-0.2, -0.15) is 0 Å². The maximum Gasteiger partial charge on any atom is 0.271 e. The molecule has 0 amide bonds. The number of sulfonamides is 1. The van der Waals surface area contributed by atoms with Crippen molar-refractivity contribution in [1.29, 1.82) is 0 Å². The molecule has 2 rings (SSSR count). The molecule has 0 radical (unpaired) electrons. The number of hydrogen-bond acceptors (Lipinski definition) is 5. The average molecular weight is 290 g/mol. The van der Waals surface area contributed by atoms with Gasteiger partial charge in [-0.05, 0) is 18.2 Å². The van der Waals surface area contributed by atoms with Crippen molar-refractivity contribution in [1.82, 2.24) is 4.98 Å². The second kappa shape index (κ2) is 4.52. The molecule has 0 fully saturated rings. The summed E-state index contributed by atoms with van der Waals surface area (Å²) in [6.07, 6.45) is 1.48. The second-order valence-corrected chi connectivity index (χ2v) is 6.32. The second-order valence-electron chi connectivity index (χ2n) is 3.15. The maximum atomic E-state index is 11.9. The zero-order chi connectivity index (χ0) is 12.5. The Balaban J connectivity index is 2.33. The molecule has 0 saturated carbocycles. The SMILES string of the molecule is Nc1csc(S(=O)(=O)Nc2cccnc2Cl)c1. The van der Waals surface area contributed by atoms with Crippen molar-refractivity contribution in [3.63, 3.8) is 0 Å². The summed E-state index contributed by atoms with van der Waals surface area (Å²) in [6, 6.07) is 4.51. The fourth-order valence-electron chi connectivity index (χ4n) is 1.13. The van der Waals surface area contributed by atoms with E-state index in [0.29, 0.717) is 5.69 Å². The topological polar surface area (TPSA) is 85.1 Å². The molecule has 0 aliphatic rings. The Bertz CT molecular complexity index is 639. The van der Waals surface area contributed by atoms with Crippen LogP contribution in [0.4, 0.5) is 11.4 Å². The number of thiophene rings is 1. The minimum absolute atomic E-state index is 0.0978. The van der Waals surface area contributed by atoms with E-state index in [0.717, 1.165) is 11.3 Å².